The van der Waals surface area contributed by atoms with Crippen LogP contribution in [0.3, 0.4) is 0 Å². The van der Waals surface area contributed by atoms with Gasteiger partial charge in [0.2, 0.25) is 0 Å². The van der Waals surface area contributed by atoms with E-state index in [2.05, 4.69) is 20.2 Å². The van der Waals surface area contributed by atoms with Crippen LogP contribution in [0, 0.1) is 6.92 Å². The molecule has 7 heteroatoms. The van der Waals surface area contributed by atoms with Crippen molar-refractivity contribution in [3.8, 4) is 0 Å². The van der Waals surface area contributed by atoms with Gasteiger partial charge in [0.25, 0.3) is 0 Å². The van der Waals surface area contributed by atoms with E-state index in [9.17, 15) is 0 Å². The molecule has 2 aliphatic rings. The average molecular weight is 306 g/mol. The molecule has 0 aliphatic carbocycles. The molecule has 0 spiro atoms. The smallest absolute Gasteiger partial charge is 0.160 e. The minimum atomic E-state index is 0.0843. The second kappa shape index (κ2) is 4.96. The predicted octanol–water partition coefficient (Wildman–Crippen LogP) is 2.64. The Hall–Kier alpha value is -1.66. The summed E-state index contributed by atoms with van der Waals surface area (Å²) in [5.74, 6) is 1.77. The van der Waals surface area contributed by atoms with Crippen LogP contribution in [0.4, 0.5) is 11.6 Å². The van der Waals surface area contributed by atoms with Gasteiger partial charge >= 0.3 is 0 Å². The molecular weight excluding hydrogens is 290 g/mol. The molecule has 2 aliphatic heterocycles. The van der Waals surface area contributed by atoms with Crippen LogP contribution in [0.15, 0.2) is 12.3 Å². The summed E-state index contributed by atoms with van der Waals surface area (Å²) >= 11 is 6.08. The van der Waals surface area contributed by atoms with Crippen LogP contribution in [-0.4, -0.2) is 33.1 Å². The summed E-state index contributed by atoms with van der Waals surface area (Å²) < 4.78 is 7.34. The lowest BCUT2D eigenvalue weighted by atomic mass is 10.0. The molecular formula is C14H16ClN5O. The molecule has 2 aromatic heterocycles. The van der Waals surface area contributed by atoms with Crippen LogP contribution < -0.4 is 4.90 Å². The molecule has 21 heavy (non-hydrogen) atoms. The molecule has 1 saturated heterocycles. The monoisotopic (exact) mass is 305 g/mol. The fourth-order valence-corrected chi connectivity index (χ4v) is 2.99. The van der Waals surface area contributed by atoms with Crippen molar-refractivity contribution in [2.24, 2.45) is 0 Å². The van der Waals surface area contributed by atoms with Crippen LogP contribution in [-0.2, 0) is 11.2 Å². The van der Waals surface area contributed by atoms with E-state index >= 15 is 0 Å². The van der Waals surface area contributed by atoms with Gasteiger partial charge in [0.15, 0.2) is 23.0 Å². The van der Waals surface area contributed by atoms with Gasteiger partial charge in [-0.25, -0.2) is 4.68 Å². The molecule has 1 unspecified atom stereocenters. The second-order valence-corrected chi connectivity index (χ2v) is 5.80. The van der Waals surface area contributed by atoms with Gasteiger partial charge in [-0.1, -0.05) is 11.6 Å². The van der Waals surface area contributed by atoms with Crippen molar-refractivity contribution in [1.82, 2.24) is 20.0 Å². The molecule has 1 atom stereocenters. The zero-order valence-electron chi connectivity index (χ0n) is 11.8. The summed E-state index contributed by atoms with van der Waals surface area (Å²) in [5.41, 5.74) is 2.20. The van der Waals surface area contributed by atoms with Crippen molar-refractivity contribution in [3.05, 3.63) is 28.5 Å². The normalized spacial score (nSPS) is 21.0. The Kier molecular flexibility index (Phi) is 3.08. The zero-order chi connectivity index (χ0) is 14.4. The number of hydrogen-bond acceptors (Lipinski definition) is 5. The number of nitrogens with zero attached hydrogens (tertiary/aromatic N) is 5. The van der Waals surface area contributed by atoms with Gasteiger partial charge in [-0.3, -0.25) is 0 Å². The minimum absolute atomic E-state index is 0.0843. The lowest BCUT2D eigenvalue weighted by Crippen LogP contribution is -2.28. The highest BCUT2D eigenvalue weighted by Gasteiger charge is 2.26. The third-order valence-electron chi connectivity index (χ3n) is 4.17. The second-order valence-electron chi connectivity index (χ2n) is 5.44. The first kappa shape index (κ1) is 13.0. The number of halogens is 1. The molecule has 6 nitrogen and oxygen atoms in total. The fourth-order valence-electron chi connectivity index (χ4n) is 2.84. The van der Waals surface area contributed by atoms with Crippen LogP contribution in [0.1, 0.15) is 30.2 Å². The standard InChI is InChI=1S/C14H16ClN5O/c1-9-10-3-2-6-19(14(10)17-16-13(9)15)11-4-7-20(18-11)12-5-8-21-12/h4,7,12H,2-3,5-6,8H2,1H3. The summed E-state index contributed by atoms with van der Waals surface area (Å²) in [4.78, 5) is 2.12. The largest absolute Gasteiger partial charge is 0.356 e. The van der Waals surface area contributed by atoms with Crippen molar-refractivity contribution in [2.45, 2.75) is 32.4 Å². The van der Waals surface area contributed by atoms with Crippen LogP contribution in [0.25, 0.3) is 0 Å². The summed E-state index contributed by atoms with van der Waals surface area (Å²) in [7, 11) is 0. The Balaban J connectivity index is 1.71. The predicted molar refractivity (Wildman–Crippen MR) is 78.9 cm³/mol. The Morgan fingerprint density at radius 2 is 2.24 bits per heavy atom. The average Bonchev–Trinajstić information content (AvgIpc) is 2.90. The number of anilines is 2. The van der Waals surface area contributed by atoms with E-state index in [0.717, 1.165) is 49.6 Å². The molecule has 0 aromatic carbocycles. The van der Waals surface area contributed by atoms with Gasteiger partial charge in [-0.2, -0.15) is 5.10 Å². The molecule has 0 radical (unpaired) electrons. The van der Waals surface area contributed by atoms with E-state index in [-0.39, 0.29) is 6.23 Å². The van der Waals surface area contributed by atoms with Gasteiger partial charge in [0.05, 0.1) is 6.61 Å². The Labute approximate surface area is 127 Å². The molecule has 0 bridgehead atoms. The van der Waals surface area contributed by atoms with Crippen LogP contribution in [0.5, 0.6) is 0 Å². The Bertz CT molecular complexity index is 682. The van der Waals surface area contributed by atoms with Crippen molar-refractivity contribution < 1.29 is 4.74 Å². The first-order valence-electron chi connectivity index (χ1n) is 7.20. The number of aromatic nitrogens is 4. The van der Waals surface area contributed by atoms with E-state index in [1.807, 2.05) is 23.9 Å². The molecule has 1 fully saturated rings. The topological polar surface area (TPSA) is 56.1 Å². The third-order valence-corrected chi connectivity index (χ3v) is 4.53. The lowest BCUT2D eigenvalue weighted by Gasteiger charge is -2.29. The zero-order valence-corrected chi connectivity index (χ0v) is 12.5. The molecule has 0 saturated carbocycles. The molecule has 110 valence electrons. The third kappa shape index (κ3) is 2.10. The van der Waals surface area contributed by atoms with E-state index in [1.165, 1.54) is 5.56 Å². The Morgan fingerprint density at radius 1 is 1.38 bits per heavy atom. The molecule has 0 N–H and O–H groups in total. The lowest BCUT2D eigenvalue weighted by molar-refractivity contribution is -0.106. The maximum atomic E-state index is 6.08. The van der Waals surface area contributed by atoms with Gasteiger partial charge in [-0.05, 0) is 25.3 Å². The van der Waals surface area contributed by atoms with Gasteiger partial charge in [0.1, 0.15) is 0 Å². The minimum Gasteiger partial charge on any atom is -0.356 e. The summed E-state index contributed by atoms with van der Waals surface area (Å²) in [6, 6.07) is 2.00. The van der Waals surface area contributed by atoms with E-state index in [0.29, 0.717) is 5.15 Å². The van der Waals surface area contributed by atoms with Gasteiger partial charge in [0, 0.05) is 30.8 Å². The number of hydrogen-bond donors (Lipinski definition) is 0. The van der Waals surface area contributed by atoms with Crippen LogP contribution in [0.2, 0.25) is 5.15 Å². The maximum Gasteiger partial charge on any atom is 0.160 e. The fraction of sp³-hybridized carbons (Fsp3) is 0.500. The van der Waals surface area contributed by atoms with Crippen LogP contribution >= 0.6 is 11.6 Å². The SMILES string of the molecule is Cc1c(Cl)nnc2c1CCCN2c1ccn(C2CCO2)n1. The van der Waals surface area contributed by atoms with E-state index < -0.39 is 0 Å². The van der Waals surface area contributed by atoms with Crippen molar-refractivity contribution >= 4 is 23.2 Å². The molecule has 4 heterocycles. The molecule has 2 aromatic rings. The quantitative estimate of drug-likeness (QED) is 0.853. The summed E-state index contributed by atoms with van der Waals surface area (Å²) in [6.07, 6.45) is 5.11. The first-order valence-corrected chi connectivity index (χ1v) is 7.58. The van der Waals surface area contributed by atoms with Gasteiger partial charge in [-0.15, -0.1) is 10.2 Å². The number of rotatable bonds is 2. The first-order chi connectivity index (χ1) is 10.2. The Morgan fingerprint density at radius 3 is 3.00 bits per heavy atom. The van der Waals surface area contributed by atoms with Crippen molar-refractivity contribution in [2.75, 3.05) is 18.1 Å². The highest BCUT2D eigenvalue weighted by atomic mass is 35.5. The maximum absolute atomic E-state index is 6.08. The van der Waals surface area contributed by atoms with Gasteiger partial charge < -0.3 is 9.64 Å². The molecule has 0 amide bonds. The molecule has 4 rings (SSSR count). The highest BCUT2D eigenvalue weighted by Crippen LogP contribution is 2.34. The number of ether oxygens (including phenoxy) is 1. The van der Waals surface area contributed by atoms with E-state index in [1.54, 1.807) is 0 Å². The number of fused-ring (bicyclic) bond motifs is 1. The van der Waals surface area contributed by atoms with Crippen molar-refractivity contribution in [3.63, 3.8) is 0 Å². The van der Waals surface area contributed by atoms with E-state index in [4.69, 9.17) is 16.3 Å². The highest BCUT2D eigenvalue weighted by molar-refractivity contribution is 6.30. The summed E-state index contributed by atoms with van der Waals surface area (Å²) in [6.45, 7) is 3.71. The summed E-state index contributed by atoms with van der Waals surface area (Å²) in [5, 5.41) is 13.5. The van der Waals surface area contributed by atoms with Crippen molar-refractivity contribution in [1.29, 1.82) is 0 Å².